The topological polar surface area (TPSA) is 30.7 Å². The highest BCUT2D eigenvalue weighted by Crippen LogP contribution is 2.25. The van der Waals surface area contributed by atoms with Crippen LogP contribution in [0.1, 0.15) is 13.8 Å². The van der Waals surface area contributed by atoms with Crippen LogP contribution >= 0.6 is 0 Å². The van der Waals surface area contributed by atoms with Crippen LogP contribution in [0, 0.1) is 0 Å². The third-order valence-electron chi connectivity index (χ3n) is 1.95. The van der Waals surface area contributed by atoms with Crippen LogP contribution in [0.5, 0.6) is 0 Å². The second kappa shape index (κ2) is 5.47. The van der Waals surface area contributed by atoms with Gasteiger partial charge in [-0.05, 0) is 19.9 Å². The summed E-state index contributed by atoms with van der Waals surface area (Å²) >= 11 is 0. The molecule has 1 aromatic rings. The Morgan fingerprint density at radius 3 is 2.29 bits per heavy atom. The summed E-state index contributed by atoms with van der Waals surface area (Å²) < 4.78 is 38.2. The molecule has 0 amide bonds. The zero-order valence-electron chi connectivity index (χ0n) is 9.44. The molecule has 1 heterocycles. The van der Waals surface area contributed by atoms with Gasteiger partial charge in [0.15, 0.2) is 0 Å². The molecule has 0 saturated heterocycles. The lowest BCUT2D eigenvalue weighted by molar-refractivity contribution is -0.0913. The third-order valence-corrected chi connectivity index (χ3v) is 1.95. The van der Waals surface area contributed by atoms with Crippen molar-refractivity contribution in [1.82, 2.24) is 14.8 Å². The van der Waals surface area contributed by atoms with Crippen molar-refractivity contribution in [2.75, 3.05) is 0 Å². The van der Waals surface area contributed by atoms with E-state index in [0.29, 0.717) is 5.57 Å². The van der Waals surface area contributed by atoms with Crippen molar-refractivity contribution in [3.8, 4) is 0 Å². The van der Waals surface area contributed by atoms with Gasteiger partial charge in [-0.1, -0.05) is 17.7 Å². The summed E-state index contributed by atoms with van der Waals surface area (Å²) in [6.07, 6.45) is 4.63. The summed E-state index contributed by atoms with van der Waals surface area (Å²) in [4.78, 5) is 0. The number of rotatable bonds is 3. The molecule has 3 nitrogen and oxygen atoms in total. The molecule has 0 aromatic carbocycles. The van der Waals surface area contributed by atoms with Gasteiger partial charge in [0.25, 0.3) is 0 Å². The lowest BCUT2D eigenvalue weighted by Crippen LogP contribution is -2.08. The third kappa shape index (κ3) is 4.67. The fourth-order valence-electron chi connectivity index (χ4n) is 1.05. The smallest absolute Gasteiger partial charge is 0.295 e. The monoisotopic (exact) mass is 243 g/mol. The molecule has 0 radical (unpaired) electrons. The summed E-state index contributed by atoms with van der Waals surface area (Å²) in [5.41, 5.74) is -0.104. The molecule has 0 aliphatic heterocycles. The predicted octanol–water partition coefficient (Wildman–Crippen LogP) is 3.20. The van der Waals surface area contributed by atoms with Crippen molar-refractivity contribution < 1.29 is 13.2 Å². The molecule has 1 rings (SSSR count). The molecule has 1 aromatic heterocycles. The highest BCUT2D eigenvalue weighted by Gasteiger charge is 2.29. The quantitative estimate of drug-likeness (QED) is 0.763. The molecule has 0 saturated carbocycles. The summed E-state index contributed by atoms with van der Waals surface area (Å²) in [6, 6.07) is 0. The normalized spacial score (nSPS) is 14.6. The minimum atomic E-state index is -4.27. The number of nitrogens with zero attached hydrogens (tertiary/aromatic N) is 3. The first-order valence-electron chi connectivity index (χ1n) is 4.84. The molecule has 0 N–H and O–H groups in total. The van der Waals surface area contributed by atoms with Crippen LogP contribution < -0.4 is 0 Å². The summed E-state index contributed by atoms with van der Waals surface area (Å²) in [5.74, 6) is 0. The SMILES string of the molecule is CC(=C/C=C/n1cnnc1)/C=C(\C)C(F)(F)F. The largest absolute Gasteiger partial charge is 0.412 e. The molecule has 6 heteroatoms. The maximum Gasteiger partial charge on any atom is 0.412 e. The number of hydrogen-bond donors (Lipinski definition) is 0. The first-order valence-corrected chi connectivity index (χ1v) is 4.84. The van der Waals surface area contributed by atoms with Gasteiger partial charge in [0, 0.05) is 11.8 Å². The Morgan fingerprint density at radius 1 is 1.18 bits per heavy atom. The minimum absolute atomic E-state index is 0.518. The maximum atomic E-state index is 12.2. The molecule has 0 unspecified atom stereocenters. The van der Waals surface area contributed by atoms with E-state index in [-0.39, 0.29) is 0 Å². The van der Waals surface area contributed by atoms with Gasteiger partial charge in [-0.3, -0.25) is 4.57 Å². The first kappa shape index (κ1) is 13.2. The van der Waals surface area contributed by atoms with Gasteiger partial charge < -0.3 is 0 Å². The Morgan fingerprint density at radius 2 is 1.76 bits per heavy atom. The van der Waals surface area contributed by atoms with Gasteiger partial charge in [0.1, 0.15) is 12.7 Å². The molecule has 0 bridgehead atoms. The molecule has 0 aliphatic carbocycles. The molecule has 0 spiro atoms. The van der Waals surface area contributed by atoms with E-state index in [1.807, 2.05) is 0 Å². The van der Waals surface area contributed by atoms with E-state index in [1.165, 1.54) is 12.7 Å². The van der Waals surface area contributed by atoms with E-state index in [4.69, 9.17) is 0 Å². The fraction of sp³-hybridized carbons (Fsp3) is 0.273. The van der Waals surface area contributed by atoms with Gasteiger partial charge in [-0.2, -0.15) is 13.2 Å². The van der Waals surface area contributed by atoms with Gasteiger partial charge >= 0.3 is 6.18 Å². The first-order chi connectivity index (χ1) is 7.89. The Balaban J connectivity index is 2.68. The van der Waals surface area contributed by atoms with Crippen LogP contribution in [-0.2, 0) is 0 Å². The fourth-order valence-corrected chi connectivity index (χ4v) is 1.05. The predicted molar refractivity (Wildman–Crippen MR) is 58.9 cm³/mol. The summed E-state index contributed by atoms with van der Waals surface area (Å²) in [7, 11) is 0. The van der Waals surface area contributed by atoms with Crippen molar-refractivity contribution in [1.29, 1.82) is 0 Å². The Bertz CT molecular complexity index is 439. The Labute approximate surface area is 97.0 Å². The molecule has 92 valence electrons. The van der Waals surface area contributed by atoms with Crippen LogP contribution in [0.15, 0.2) is 42.0 Å². The summed E-state index contributed by atoms with van der Waals surface area (Å²) in [6.45, 7) is 2.65. The van der Waals surface area contributed by atoms with Crippen molar-refractivity contribution >= 4 is 6.20 Å². The summed E-state index contributed by atoms with van der Waals surface area (Å²) in [5, 5.41) is 7.16. The van der Waals surface area contributed by atoms with Crippen molar-refractivity contribution in [3.05, 3.63) is 42.0 Å². The average Bonchev–Trinajstić information content (AvgIpc) is 2.69. The van der Waals surface area contributed by atoms with E-state index in [1.54, 1.807) is 29.8 Å². The van der Waals surface area contributed by atoms with E-state index in [9.17, 15) is 13.2 Å². The van der Waals surface area contributed by atoms with Crippen LogP contribution in [0.25, 0.3) is 6.20 Å². The van der Waals surface area contributed by atoms with Crippen LogP contribution in [0.2, 0.25) is 0 Å². The molecule has 0 atom stereocenters. The molecular formula is C11H12F3N3. The van der Waals surface area contributed by atoms with Crippen molar-refractivity contribution in [3.63, 3.8) is 0 Å². The molecule has 0 fully saturated rings. The number of aromatic nitrogens is 3. The second-order valence-corrected chi connectivity index (χ2v) is 3.49. The average molecular weight is 243 g/mol. The molecule has 17 heavy (non-hydrogen) atoms. The van der Waals surface area contributed by atoms with E-state index in [0.717, 1.165) is 13.0 Å². The highest BCUT2D eigenvalue weighted by atomic mass is 19.4. The number of hydrogen-bond acceptors (Lipinski definition) is 2. The van der Waals surface area contributed by atoms with Crippen LogP contribution in [0.3, 0.4) is 0 Å². The number of alkyl halides is 3. The van der Waals surface area contributed by atoms with E-state index in [2.05, 4.69) is 10.2 Å². The van der Waals surface area contributed by atoms with Crippen molar-refractivity contribution in [2.24, 2.45) is 0 Å². The van der Waals surface area contributed by atoms with Crippen LogP contribution in [0.4, 0.5) is 13.2 Å². The van der Waals surface area contributed by atoms with E-state index >= 15 is 0 Å². The van der Waals surface area contributed by atoms with E-state index < -0.39 is 11.7 Å². The lowest BCUT2D eigenvalue weighted by Gasteiger charge is -2.05. The highest BCUT2D eigenvalue weighted by molar-refractivity contribution is 5.33. The minimum Gasteiger partial charge on any atom is -0.295 e. The standard InChI is InChI=1S/C11H12F3N3/c1-9(6-10(2)11(12,13)14)4-3-5-17-7-15-16-8-17/h3-8H,1-2H3/b5-3+,9-4-,10-6+. The molecular weight excluding hydrogens is 231 g/mol. The Kier molecular flexibility index (Phi) is 4.25. The van der Waals surface area contributed by atoms with Gasteiger partial charge in [0.05, 0.1) is 0 Å². The van der Waals surface area contributed by atoms with Crippen LogP contribution in [-0.4, -0.2) is 20.9 Å². The lowest BCUT2D eigenvalue weighted by atomic mass is 10.2. The van der Waals surface area contributed by atoms with Gasteiger partial charge in [-0.15, -0.1) is 10.2 Å². The number of halogens is 3. The molecule has 0 aliphatic rings. The maximum absolute atomic E-state index is 12.2. The van der Waals surface area contributed by atoms with Gasteiger partial charge in [0.2, 0.25) is 0 Å². The number of allylic oxidation sites excluding steroid dienone is 5. The zero-order chi connectivity index (χ0) is 12.9. The zero-order valence-corrected chi connectivity index (χ0v) is 9.44. The second-order valence-electron chi connectivity index (χ2n) is 3.49. The van der Waals surface area contributed by atoms with Gasteiger partial charge in [-0.25, -0.2) is 0 Å². The van der Waals surface area contributed by atoms with Crippen molar-refractivity contribution in [2.45, 2.75) is 20.0 Å². The Hall–Kier alpha value is -1.85.